The average Bonchev–Trinajstić information content (AvgIpc) is 2.77. The molecular weight excluding hydrogens is 471 g/mol. The number of alkyl halides is 7. The summed E-state index contributed by atoms with van der Waals surface area (Å²) in [5.41, 5.74) is -1.62. The normalized spacial score (nSPS) is 24.2. The summed E-state index contributed by atoms with van der Waals surface area (Å²) in [6.45, 7) is 2.94. The highest BCUT2D eigenvalue weighted by Crippen LogP contribution is 2.34. The molecule has 34 heavy (non-hydrogen) atoms. The molecule has 2 aromatic heterocycles. The molecule has 0 bridgehead atoms. The molecule has 0 saturated carbocycles. The molecule has 1 aliphatic heterocycles. The largest absolute Gasteiger partial charge is 0.451 e. The zero-order valence-electron chi connectivity index (χ0n) is 18.4. The molecule has 2 aromatic rings. The first-order valence-electron chi connectivity index (χ1n) is 10.3. The van der Waals surface area contributed by atoms with Gasteiger partial charge in [0.1, 0.15) is 6.17 Å². The highest BCUT2D eigenvalue weighted by Gasteiger charge is 2.40. The molecule has 1 aliphatic rings. The van der Waals surface area contributed by atoms with Crippen LogP contribution in [0.5, 0.6) is 0 Å². The lowest BCUT2D eigenvalue weighted by Gasteiger charge is -2.42. The fraction of sp³-hybridized carbons (Fsp3) is 0.524. The number of hydrogen-bond acceptors (Lipinski definition) is 5. The molecule has 1 saturated heterocycles. The van der Waals surface area contributed by atoms with E-state index in [2.05, 4.69) is 20.3 Å². The Labute approximate surface area is 190 Å². The van der Waals surface area contributed by atoms with E-state index in [-0.39, 0.29) is 35.2 Å². The standard InChI is InChI=1S/C21H22F7N5O/c1-10-11(2)33(3)17(5-15(10)22)18(34)30-6-12-4-16(29-9-14(12)20(23,24)25)13-7-31-19(32-8-13)21(26,27)28/h4,7-11,15,17H,5-6H2,1-3H3,(H,30,34)/t10-,11?,15-,17+/m1/s1. The fourth-order valence-corrected chi connectivity index (χ4v) is 3.81. The van der Waals surface area contributed by atoms with Crippen LogP contribution in [0.1, 0.15) is 37.2 Å². The molecule has 0 aliphatic carbocycles. The number of carbonyl (C=O) groups is 1. The van der Waals surface area contributed by atoms with Gasteiger partial charge in [-0.15, -0.1) is 0 Å². The summed E-state index contributed by atoms with van der Waals surface area (Å²) in [7, 11) is 1.65. The Bertz CT molecular complexity index is 1030. The highest BCUT2D eigenvalue weighted by molar-refractivity contribution is 5.82. The van der Waals surface area contributed by atoms with Gasteiger partial charge in [0.15, 0.2) is 0 Å². The number of likely N-dealkylation sites (N-methyl/N-ethyl adjacent to an activating group) is 1. The maximum absolute atomic E-state index is 14.3. The number of nitrogens with one attached hydrogen (secondary N) is 1. The number of hydrogen-bond donors (Lipinski definition) is 1. The monoisotopic (exact) mass is 493 g/mol. The maximum atomic E-state index is 14.3. The average molecular weight is 493 g/mol. The first-order chi connectivity index (χ1) is 15.7. The predicted octanol–water partition coefficient (Wildman–Crippen LogP) is 4.26. The van der Waals surface area contributed by atoms with Crippen LogP contribution in [0.15, 0.2) is 24.7 Å². The molecule has 1 N–H and O–H groups in total. The first-order valence-corrected chi connectivity index (χ1v) is 10.3. The van der Waals surface area contributed by atoms with Crippen molar-refractivity contribution in [1.29, 1.82) is 0 Å². The van der Waals surface area contributed by atoms with Gasteiger partial charge < -0.3 is 5.32 Å². The number of rotatable bonds is 4. The third-order valence-electron chi connectivity index (χ3n) is 6.17. The highest BCUT2D eigenvalue weighted by atomic mass is 19.4. The number of pyridine rings is 1. The van der Waals surface area contributed by atoms with E-state index in [0.29, 0.717) is 6.20 Å². The number of aromatic nitrogens is 3. The minimum atomic E-state index is -4.79. The molecule has 3 rings (SSSR count). The van der Waals surface area contributed by atoms with Crippen LogP contribution >= 0.6 is 0 Å². The van der Waals surface area contributed by atoms with Gasteiger partial charge in [-0.25, -0.2) is 14.4 Å². The second-order valence-electron chi connectivity index (χ2n) is 8.27. The smallest absolute Gasteiger partial charge is 0.351 e. The van der Waals surface area contributed by atoms with Crippen molar-refractivity contribution in [3.05, 3.63) is 41.6 Å². The van der Waals surface area contributed by atoms with Crippen molar-refractivity contribution >= 4 is 5.91 Å². The van der Waals surface area contributed by atoms with E-state index in [1.54, 1.807) is 25.8 Å². The molecule has 13 heteroatoms. The molecule has 1 fully saturated rings. The molecule has 0 spiro atoms. The summed E-state index contributed by atoms with van der Waals surface area (Å²) >= 11 is 0. The van der Waals surface area contributed by atoms with Gasteiger partial charge in [-0.1, -0.05) is 6.92 Å². The van der Waals surface area contributed by atoms with Crippen LogP contribution in [0.3, 0.4) is 0 Å². The van der Waals surface area contributed by atoms with Gasteiger partial charge >= 0.3 is 12.4 Å². The SMILES string of the molecule is CC1[C@@H](C)[C@H](F)C[C@@H](C(=O)NCc2cc(-c3cnc(C(F)(F)F)nc3)ncc2C(F)(F)F)N1C. The van der Waals surface area contributed by atoms with Crippen molar-refractivity contribution in [3.63, 3.8) is 0 Å². The number of piperidine rings is 1. The molecule has 4 atom stereocenters. The van der Waals surface area contributed by atoms with Crippen LogP contribution in [-0.4, -0.2) is 51.1 Å². The van der Waals surface area contributed by atoms with Crippen molar-refractivity contribution < 1.29 is 35.5 Å². The van der Waals surface area contributed by atoms with E-state index in [1.807, 2.05) is 0 Å². The van der Waals surface area contributed by atoms with Gasteiger partial charge in [0, 0.05) is 49.1 Å². The van der Waals surface area contributed by atoms with Gasteiger partial charge in [-0.05, 0) is 25.6 Å². The summed E-state index contributed by atoms with van der Waals surface area (Å²) in [6, 6.07) is -0.111. The third-order valence-corrected chi connectivity index (χ3v) is 6.17. The van der Waals surface area contributed by atoms with E-state index < -0.39 is 48.4 Å². The summed E-state index contributed by atoms with van der Waals surface area (Å²) in [6.07, 6.45) is -8.77. The number of carbonyl (C=O) groups excluding carboxylic acids is 1. The van der Waals surface area contributed by atoms with Crippen molar-refractivity contribution in [3.8, 4) is 11.3 Å². The molecule has 1 unspecified atom stereocenters. The number of likely N-dealkylation sites (tertiary alicyclic amines) is 1. The molecule has 1 amide bonds. The lowest BCUT2D eigenvalue weighted by atomic mass is 9.86. The van der Waals surface area contributed by atoms with E-state index in [9.17, 15) is 35.5 Å². The van der Waals surface area contributed by atoms with Gasteiger partial charge in [0.2, 0.25) is 11.7 Å². The summed E-state index contributed by atoms with van der Waals surface area (Å²) in [5, 5.41) is 2.42. The minimum Gasteiger partial charge on any atom is -0.351 e. The molecule has 3 heterocycles. The van der Waals surface area contributed by atoms with Crippen LogP contribution in [0.2, 0.25) is 0 Å². The zero-order chi connectivity index (χ0) is 25.4. The number of halogens is 7. The Morgan fingerprint density at radius 2 is 1.68 bits per heavy atom. The first kappa shape index (κ1) is 25.8. The number of nitrogens with zero attached hydrogens (tertiary/aromatic N) is 4. The lowest BCUT2D eigenvalue weighted by molar-refractivity contribution is -0.145. The van der Waals surface area contributed by atoms with Gasteiger partial charge in [0.25, 0.3) is 0 Å². The predicted molar refractivity (Wildman–Crippen MR) is 107 cm³/mol. The Kier molecular flexibility index (Phi) is 7.15. The van der Waals surface area contributed by atoms with Gasteiger partial charge in [-0.2, -0.15) is 26.3 Å². The molecule has 0 radical (unpaired) electrons. The van der Waals surface area contributed by atoms with Crippen molar-refractivity contribution in [2.24, 2.45) is 5.92 Å². The Hall–Kier alpha value is -2.83. The molecule has 186 valence electrons. The van der Waals surface area contributed by atoms with E-state index in [4.69, 9.17) is 0 Å². The van der Waals surface area contributed by atoms with Crippen molar-refractivity contribution in [2.45, 2.75) is 57.4 Å². The van der Waals surface area contributed by atoms with Gasteiger partial charge in [-0.3, -0.25) is 14.7 Å². The Balaban J connectivity index is 1.84. The van der Waals surface area contributed by atoms with Crippen molar-refractivity contribution in [1.82, 2.24) is 25.2 Å². The second kappa shape index (κ2) is 9.43. The van der Waals surface area contributed by atoms with Crippen LogP contribution in [-0.2, 0) is 23.7 Å². The maximum Gasteiger partial charge on any atom is 0.451 e. The summed E-state index contributed by atoms with van der Waals surface area (Å²) in [5.74, 6) is -2.34. The zero-order valence-corrected chi connectivity index (χ0v) is 18.4. The van der Waals surface area contributed by atoms with Crippen LogP contribution < -0.4 is 5.32 Å². The summed E-state index contributed by atoms with van der Waals surface area (Å²) in [4.78, 5) is 24.4. The second-order valence-corrected chi connectivity index (χ2v) is 8.27. The molecule has 0 aromatic carbocycles. The minimum absolute atomic E-state index is 0.0376. The topological polar surface area (TPSA) is 71.0 Å². The molecular formula is C21H22F7N5O. The van der Waals surface area contributed by atoms with Crippen molar-refractivity contribution in [2.75, 3.05) is 7.05 Å². The lowest BCUT2D eigenvalue weighted by Crippen LogP contribution is -2.56. The Morgan fingerprint density at radius 1 is 1.06 bits per heavy atom. The van der Waals surface area contributed by atoms with E-state index >= 15 is 0 Å². The number of amides is 1. The van der Waals surface area contributed by atoms with Gasteiger partial charge in [0.05, 0.1) is 17.3 Å². The van der Waals surface area contributed by atoms with Crippen LogP contribution in [0.4, 0.5) is 30.7 Å². The van der Waals surface area contributed by atoms with E-state index in [1.165, 1.54) is 0 Å². The van der Waals surface area contributed by atoms with E-state index in [0.717, 1.165) is 18.5 Å². The third kappa shape index (κ3) is 5.45. The fourth-order valence-electron chi connectivity index (χ4n) is 3.81. The molecule has 6 nitrogen and oxygen atoms in total. The Morgan fingerprint density at radius 3 is 2.24 bits per heavy atom. The van der Waals surface area contributed by atoms with Crippen LogP contribution in [0.25, 0.3) is 11.3 Å². The quantitative estimate of drug-likeness (QED) is 0.645. The van der Waals surface area contributed by atoms with Crippen LogP contribution in [0, 0.1) is 5.92 Å². The summed E-state index contributed by atoms with van der Waals surface area (Å²) < 4.78 is 92.8.